The molecule has 3 aromatic heterocycles. The zero-order chi connectivity index (χ0) is 17.6. The van der Waals surface area contributed by atoms with Gasteiger partial charge in [0.2, 0.25) is 0 Å². The van der Waals surface area contributed by atoms with Crippen molar-refractivity contribution >= 4 is 35.8 Å². The molecule has 0 aromatic carbocycles. The Hall–Kier alpha value is -2.61. The highest BCUT2D eigenvalue weighted by atomic mass is 32.1. The quantitative estimate of drug-likeness (QED) is 0.511. The Labute approximate surface area is 151 Å². The fraction of sp³-hybridized carbons (Fsp3) is 0.294. The monoisotopic (exact) mass is 357 g/mol. The molecule has 0 unspecified atom stereocenters. The van der Waals surface area contributed by atoms with Crippen molar-refractivity contribution in [3.8, 4) is 11.3 Å². The summed E-state index contributed by atoms with van der Waals surface area (Å²) in [6, 6.07) is 4.95. The molecule has 0 saturated carbocycles. The van der Waals surface area contributed by atoms with Gasteiger partial charge < -0.3 is 4.42 Å². The van der Waals surface area contributed by atoms with Gasteiger partial charge in [-0.1, -0.05) is 32.6 Å². The normalized spacial score (nSPS) is 10.8. The number of hydrogen-bond donors (Lipinski definition) is 2. The van der Waals surface area contributed by atoms with E-state index in [1.807, 2.05) is 0 Å². The van der Waals surface area contributed by atoms with Gasteiger partial charge in [-0.05, 0) is 24.6 Å². The Morgan fingerprint density at radius 1 is 1.28 bits per heavy atom. The van der Waals surface area contributed by atoms with Crippen LogP contribution in [0, 0.1) is 0 Å². The number of unbranched alkanes of at least 4 members (excludes halogenated alkanes) is 2. The predicted molar refractivity (Wildman–Crippen MR) is 99.3 cm³/mol. The van der Waals surface area contributed by atoms with Crippen LogP contribution < -0.4 is 5.32 Å². The predicted octanol–water partition coefficient (Wildman–Crippen LogP) is 4.15. The first-order valence-electron chi connectivity index (χ1n) is 8.11. The molecule has 0 bridgehead atoms. The van der Waals surface area contributed by atoms with Crippen LogP contribution in [0.1, 0.15) is 26.2 Å². The van der Waals surface area contributed by atoms with Crippen molar-refractivity contribution in [3.05, 3.63) is 36.9 Å². The van der Waals surface area contributed by atoms with Crippen LogP contribution in [0.3, 0.4) is 0 Å². The number of carbonyl (C=O) groups is 1. The molecule has 0 atom stereocenters. The number of rotatable bonds is 6. The molecule has 2 amide bonds. The maximum Gasteiger partial charge on any atom is 0.332 e. The van der Waals surface area contributed by atoms with Gasteiger partial charge in [0.1, 0.15) is 11.3 Å². The fourth-order valence-electron chi connectivity index (χ4n) is 2.30. The number of hydrogen-bond acceptors (Lipinski definition) is 6. The minimum Gasteiger partial charge on any atom is -0.472 e. The minimum absolute atomic E-state index is 0.315. The van der Waals surface area contributed by atoms with Gasteiger partial charge in [-0.15, -0.1) is 0 Å². The van der Waals surface area contributed by atoms with Crippen LogP contribution in [0.4, 0.5) is 10.6 Å². The SMILES string of the molecule is CCCCCN(S)C(=O)Nc1ccc2ncc(-c3ccoc3)nc2n1. The van der Waals surface area contributed by atoms with Gasteiger partial charge in [0.05, 0.1) is 24.4 Å². The van der Waals surface area contributed by atoms with Crippen LogP contribution in [-0.2, 0) is 0 Å². The van der Waals surface area contributed by atoms with Crippen LogP contribution in [0.15, 0.2) is 41.3 Å². The largest absolute Gasteiger partial charge is 0.472 e. The molecule has 25 heavy (non-hydrogen) atoms. The van der Waals surface area contributed by atoms with E-state index in [0.29, 0.717) is 29.2 Å². The molecule has 0 radical (unpaired) electrons. The van der Waals surface area contributed by atoms with Crippen molar-refractivity contribution in [2.24, 2.45) is 0 Å². The van der Waals surface area contributed by atoms with Crippen molar-refractivity contribution in [2.75, 3.05) is 11.9 Å². The molecule has 3 aromatic rings. The summed E-state index contributed by atoms with van der Waals surface area (Å²) in [6.07, 6.45) is 7.90. The zero-order valence-electron chi connectivity index (χ0n) is 13.8. The Balaban J connectivity index is 1.75. The number of fused-ring (bicyclic) bond motifs is 1. The number of amides is 2. The van der Waals surface area contributed by atoms with E-state index in [4.69, 9.17) is 4.42 Å². The van der Waals surface area contributed by atoms with Crippen LogP contribution in [0.25, 0.3) is 22.4 Å². The molecule has 7 nitrogen and oxygen atoms in total. The Morgan fingerprint density at radius 3 is 2.92 bits per heavy atom. The summed E-state index contributed by atoms with van der Waals surface area (Å²) in [6.45, 7) is 2.70. The molecule has 130 valence electrons. The van der Waals surface area contributed by atoms with Crippen molar-refractivity contribution in [3.63, 3.8) is 0 Å². The number of nitrogens with zero attached hydrogens (tertiary/aromatic N) is 4. The Bertz CT molecular complexity index is 853. The van der Waals surface area contributed by atoms with E-state index < -0.39 is 0 Å². The number of carbonyl (C=O) groups excluding carboxylic acids is 1. The van der Waals surface area contributed by atoms with Crippen molar-refractivity contribution in [1.29, 1.82) is 0 Å². The van der Waals surface area contributed by atoms with Gasteiger partial charge in [-0.25, -0.2) is 14.8 Å². The number of thiol groups is 1. The highest BCUT2D eigenvalue weighted by molar-refractivity contribution is 7.78. The Kier molecular flexibility index (Phi) is 5.49. The second kappa shape index (κ2) is 7.98. The van der Waals surface area contributed by atoms with Crippen molar-refractivity contribution < 1.29 is 9.21 Å². The van der Waals surface area contributed by atoms with Gasteiger partial charge >= 0.3 is 6.03 Å². The van der Waals surface area contributed by atoms with E-state index in [1.54, 1.807) is 36.9 Å². The number of pyridine rings is 1. The topological polar surface area (TPSA) is 84.2 Å². The second-order valence-electron chi connectivity index (χ2n) is 5.57. The molecular formula is C17H19N5O2S. The zero-order valence-corrected chi connectivity index (χ0v) is 14.7. The van der Waals surface area contributed by atoms with Crippen LogP contribution in [0.5, 0.6) is 0 Å². The lowest BCUT2D eigenvalue weighted by atomic mass is 10.2. The fourth-order valence-corrected chi connectivity index (χ4v) is 2.50. The molecule has 0 saturated heterocycles. The molecule has 0 aliphatic rings. The van der Waals surface area contributed by atoms with Crippen molar-refractivity contribution in [2.45, 2.75) is 26.2 Å². The molecule has 0 fully saturated rings. The molecule has 0 spiro atoms. The lowest BCUT2D eigenvalue weighted by molar-refractivity contribution is 0.238. The van der Waals surface area contributed by atoms with Crippen LogP contribution in [0.2, 0.25) is 0 Å². The highest BCUT2D eigenvalue weighted by Crippen LogP contribution is 2.19. The smallest absolute Gasteiger partial charge is 0.332 e. The number of urea groups is 1. The molecule has 3 rings (SSSR count). The third-order valence-electron chi connectivity index (χ3n) is 3.67. The third kappa shape index (κ3) is 4.27. The van der Waals surface area contributed by atoms with Crippen LogP contribution in [-0.4, -0.2) is 31.8 Å². The van der Waals surface area contributed by atoms with E-state index in [-0.39, 0.29) is 6.03 Å². The minimum atomic E-state index is -0.315. The molecular weight excluding hydrogens is 338 g/mol. The molecule has 0 aliphatic carbocycles. The van der Waals surface area contributed by atoms with E-state index in [0.717, 1.165) is 24.8 Å². The lowest BCUT2D eigenvalue weighted by Gasteiger charge is -2.15. The highest BCUT2D eigenvalue weighted by Gasteiger charge is 2.11. The standard InChI is InChI=1S/C17H19N5O2S/c1-2-3-4-8-22(25)17(23)21-15-6-5-13-16(20-15)19-14(10-18-13)12-7-9-24-11-12/h5-7,9-11,25H,2-4,8H2,1H3,(H,19,20,21,23). The Morgan fingerprint density at radius 2 is 2.16 bits per heavy atom. The lowest BCUT2D eigenvalue weighted by Crippen LogP contribution is -2.28. The van der Waals surface area contributed by atoms with Gasteiger partial charge in [-0.2, -0.15) is 0 Å². The molecule has 8 heteroatoms. The van der Waals surface area contributed by atoms with E-state index in [9.17, 15) is 4.79 Å². The van der Waals surface area contributed by atoms with E-state index in [1.165, 1.54) is 4.31 Å². The summed E-state index contributed by atoms with van der Waals surface area (Å²) in [5.41, 5.74) is 2.58. The summed E-state index contributed by atoms with van der Waals surface area (Å²) in [7, 11) is 0. The maximum atomic E-state index is 12.1. The van der Waals surface area contributed by atoms with Gasteiger partial charge in [0.15, 0.2) is 5.65 Å². The number of nitrogens with one attached hydrogen (secondary N) is 1. The average Bonchev–Trinajstić information content (AvgIpc) is 3.16. The first-order valence-corrected chi connectivity index (χ1v) is 8.51. The van der Waals surface area contributed by atoms with Gasteiger partial charge in [0.25, 0.3) is 0 Å². The average molecular weight is 357 g/mol. The number of aromatic nitrogens is 3. The number of anilines is 1. The second-order valence-corrected chi connectivity index (χ2v) is 6.05. The van der Waals surface area contributed by atoms with Gasteiger partial charge in [-0.3, -0.25) is 14.6 Å². The summed E-state index contributed by atoms with van der Waals surface area (Å²) in [4.78, 5) is 25.3. The summed E-state index contributed by atoms with van der Waals surface area (Å²) in [5.74, 6) is 0.408. The van der Waals surface area contributed by atoms with Gasteiger partial charge in [0, 0.05) is 12.1 Å². The van der Waals surface area contributed by atoms with Crippen molar-refractivity contribution in [1.82, 2.24) is 19.3 Å². The third-order valence-corrected chi connectivity index (χ3v) is 4.05. The maximum absolute atomic E-state index is 12.1. The first-order chi connectivity index (χ1) is 12.2. The van der Waals surface area contributed by atoms with E-state index >= 15 is 0 Å². The first kappa shape index (κ1) is 17.2. The molecule has 0 aliphatic heterocycles. The summed E-state index contributed by atoms with van der Waals surface area (Å²) in [5, 5.41) is 2.73. The van der Waals surface area contributed by atoms with Crippen LogP contribution >= 0.6 is 12.8 Å². The number of furan rings is 1. The molecule has 1 N–H and O–H groups in total. The summed E-state index contributed by atoms with van der Waals surface area (Å²) < 4.78 is 6.42. The summed E-state index contributed by atoms with van der Waals surface area (Å²) >= 11 is 4.21. The van der Waals surface area contributed by atoms with E-state index in [2.05, 4.69) is 40.0 Å². The molecule has 3 heterocycles.